The maximum atomic E-state index is 13.1. The molecule has 1 heterocycles. The lowest BCUT2D eigenvalue weighted by Crippen LogP contribution is -2.36. The number of nitro benzene ring substituents is 1. The first kappa shape index (κ1) is 23.3. The van der Waals surface area contributed by atoms with E-state index < -0.39 is 28.7 Å². The molecule has 3 rings (SSSR count). The molecule has 1 aliphatic rings. The number of nitro groups is 1. The van der Waals surface area contributed by atoms with Crippen molar-refractivity contribution in [2.75, 3.05) is 13.7 Å². The smallest absolute Gasteiger partial charge is 0.336 e. The molecule has 0 saturated carbocycles. The predicted octanol–water partition coefficient (Wildman–Crippen LogP) is 3.81. The number of carbonyl (C=O) groups is 2. The zero-order valence-corrected chi connectivity index (χ0v) is 18.1. The Morgan fingerprint density at radius 1 is 1.18 bits per heavy atom. The molecule has 0 fully saturated rings. The molecular weight excluding hydrogens is 426 g/mol. The van der Waals surface area contributed by atoms with Gasteiger partial charge in [0, 0.05) is 29.3 Å². The summed E-state index contributed by atoms with van der Waals surface area (Å²) in [6.45, 7) is 1.52. The fourth-order valence-corrected chi connectivity index (χ4v) is 3.80. The lowest BCUT2D eigenvalue weighted by Gasteiger charge is -2.32. The summed E-state index contributed by atoms with van der Waals surface area (Å²) in [5.74, 6) is -3.38. The van der Waals surface area contributed by atoms with Crippen LogP contribution in [0.3, 0.4) is 0 Å². The number of benzene rings is 2. The Balaban J connectivity index is 2.25. The molecule has 168 valence electrons. The standard InChI is InChI=1S/C24H21N3O6/c1-15-19(24(29)33-13-7-12-25)20(17-10-6-11-18(14-17)27(30)31)21(23(28)32-2)22(26-15)16-8-4-3-5-9-16/h3-6,8-11,14,19-20H,7,13H2,1-2H3. The third kappa shape index (κ3) is 4.96. The number of esters is 2. The highest BCUT2D eigenvalue weighted by Gasteiger charge is 2.43. The minimum atomic E-state index is -1.03. The van der Waals surface area contributed by atoms with E-state index in [1.807, 2.05) is 12.1 Å². The summed E-state index contributed by atoms with van der Waals surface area (Å²) in [5.41, 5.74) is 1.60. The highest BCUT2D eigenvalue weighted by molar-refractivity contribution is 6.11. The van der Waals surface area contributed by atoms with Crippen LogP contribution in [0, 0.1) is 27.4 Å². The average molecular weight is 447 g/mol. The van der Waals surface area contributed by atoms with E-state index >= 15 is 0 Å². The van der Waals surface area contributed by atoms with Crippen LogP contribution in [0.4, 0.5) is 5.69 Å². The van der Waals surface area contributed by atoms with Crippen LogP contribution in [0.2, 0.25) is 0 Å². The summed E-state index contributed by atoms with van der Waals surface area (Å²) in [6.07, 6.45) is 0.00505. The van der Waals surface area contributed by atoms with Gasteiger partial charge in [-0.05, 0) is 12.5 Å². The summed E-state index contributed by atoms with van der Waals surface area (Å²) in [5, 5.41) is 20.2. The highest BCUT2D eigenvalue weighted by Crippen LogP contribution is 2.43. The summed E-state index contributed by atoms with van der Waals surface area (Å²) in [4.78, 5) is 41.5. The molecule has 2 aromatic rings. The Labute approximate surface area is 190 Å². The van der Waals surface area contributed by atoms with Crippen molar-refractivity contribution < 1.29 is 24.0 Å². The van der Waals surface area contributed by atoms with Crippen LogP contribution in [-0.4, -0.2) is 36.3 Å². The molecule has 0 radical (unpaired) electrons. The van der Waals surface area contributed by atoms with E-state index in [0.717, 1.165) is 0 Å². The minimum Gasteiger partial charge on any atom is -0.466 e. The fourth-order valence-electron chi connectivity index (χ4n) is 3.80. The number of ether oxygens (including phenoxy) is 2. The molecule has 0 N–H and O–H groups in total. The molecule has 0 aliphatic carbocycles. The first-order valence-electron chi connectivity index (χ1n) is 10.1. The molecule has 0 aromatic heterocycles. The number of methoxy groups -OCH3 is 1. The Kier molecular flexibility index (Phi) is 7.31. The van der Waals surface area contributed by atoms with Crippen molar-refractivity contribution in [1.29, 1.82) is 5.26 Å². The zero-order valence-electron chi connectivity index (χ0n) is 18.1. The summed E-state index contributed by atoms with van der Waals surface area (Å²) < 4.78 is 10.3. The van der Waals surface area contributed by atoms with Crippen molar-refractivity contribution in [3.63, 3.8) is 0 Å². The largest absolute Gasteiger partial charge is 0.466 e. The van der Waals surface area contributed by atoms with Crippen LogP contribution in [0.25, 0.3) is 5.70 Å². The molecule has 2 unspecified atom stereocenters. The zero-order chi connectivity index (χ0) is 24.0. The normalized spacial score (nSPS) is 17.5. The number of aliphatic imine (C=N–C) groups is 1. The van der Waals surface area contributed by atoms with Gasteiger partial charge in [-0.15, -0.1) is 0 Å². The first-order chi connectivity index (χ1) is 15.9. The van der Waals surface area contributed by atoms with Gasteiger partial charge in [-0.25, -0.2) is 4.79 Å². The number of non-ortho nitro benzene ring substituents is 1. The van der Waals surface area contributed by atoms with Crippen LogP contribution in [0.15, 0.2) is 65.2 Å². The number of carbonyl (C=O) groups excluding carboxylic acids is 2. The lowest BCUT2D eigenvalue weighted by molar-refractivity contribution is -0.384. The van der Waals surface area contributed by atoms with E-state index in [4.69, 9.17) is 14.7 Å². The van der Waals surface area contributed by atoms with Gasteiger partial charge in [0.05, 0.1) is 35.8 Å². The maximum absolute atomic E-state index is 13.1. The van der Waals surface area contributed by atoms with Crippen molar-refractivity contribution in [3.8, 4) is 6.07 Å². The number of nitriles is 1. The third-order valence-corrected chi connectivity index (χ3v) is 5.24. The van der Waals surface area contributed by atoms with E-state index in [0.29, 0.717) is 22.5 Å². The van der Waals surface area contributed by atoms with E-state index in [1.165, 1.54) is 25.3 Å². The molecule has 1 aliphatic heterocycles. The quantitative estimate of drug-likeness (QED) is 0.273. The van der Waals surface area contributed by atoms with Gasteiger partial charge < -0.3 is 9.47 Å². The highest BCUT2D eigenvalue weighted by atomic mass is 16.6. The van der Waals surface area contributed by atoms with Crippen LogP contribution in [0.1, 0.15) is 30.4 Å². The molecule has 0 amide bonds. The fraction of sp³-hybridized carbons (Fsp3) is 0.250. The van der Waals surface area contributed by atoms with E-state index in [-0.39, 0.29) is 24.3 Å². The van der Waals surface area contributed by atoms with Crippen LogP contribution >= 0.6 is 0 Å². The SMILES string of the molecule is COC(=O)C1=C(c2ccccc2)N=C(C)C(C(=O)OCCC#N)C1c1cccc([N+](=O)[O-])c1. The maximum Gasteiger partial charge on any atom is 0.336 e. The molecule has 2 aromatic carbocycles. The molecular formula is C24H21N3O6. The van der Waals surface area contributed by atoms with Crippen LogP contribution in [0.5, 0.6) is 0 Å². The van der Waals surface area contributed by atoms with Crippen molar-refractivity contribution in [3.05, 3.63) is 81.4 Å². The van der Waals surface area contributed by atoms with Gasteiger partial charge in [0.15, 0.2) is 0 Å². The summed E-state index contributed by atoms with van der Waals surface area (Å²) in [6, 6.07) is 16.6. The molecule has 9 nitrogen and oxygen atoms in total. The minimum absolute atomic E-state index is 0.00505. The second kappa shape index (κ2) is 10.3. The Morgan fingerprint density at radius 2 is 1.91 bits per heavy atom. The molecule has 9 heteroatoms. The van der Waals surface area contributed by atoms with Crippen molar-refractivity contribution in [2.24, 2.45) is 10.9 Å². The van der Waals surface area contributed by atoms with E-state index in [1.54, 1.807) is 37.3 Å². The van der Waals surface area contributed by atoms with Gasteiger partial charge in [-0.1, -0.05) is 42.5 Å². The Morgan fingerprint density at radius 3 is 2.55 bits per heavy atom. The van der Waals surface area contributed by atoms with Gasteiger partial charge in [0.1, 0.15) is 12.5 Å². The molecule has 2 atom stereocenters. The van der Waals surface area contributed by atoms with Crippen molar-refractivity contribution in [1.82, 2.24) is 0 Å². The number of hydrogen-bond acceptors (Lipinski definition) is 8. The van der Waals surface area contributed by atoms with Crippen molar-refractivity contribution in [2.45, 2.75) is 19.3 Å². The molecule has 0 bridgehead atoms. The van der Waals surface area contributed by atoms with E-state index in [2.05, 4.69) is 4.99 Å². The van der Waals surface area contributed by atoms with Gasteiger partial charge in [-0.3, -0.25) is 19.9 Å². The Bertz CT molecular complexity index is 1180. The number of nitrogens with zero attached hydrogens (tertiary/aromatic N) is 3. The first-order valence-corrected chi connectivity index (χ1v) is 10.1. The predicted molar refractivity (Wildman–Crippen MR) is 119 cm³/mol. The second-order valence-electron chi connectivity index (χ2n) is 7.26. The molecule has 0 spiro atoms. The molecule has 33 heavy (non-hydrogen) atoms. The summed E-state index contributed by atoms with van der Waals surface area (Å²) in [7, 11) is 1.22. The third-order valence-electron chi connectivity index (χ3n) is 5.24. The monoisotopic (exact) mass is 447 g/mol. The van der Waals surface area contributed by atoms with Gasteiger partial charge in [-0.2, -0.15) is 5.26 Å². The van der Waals surface area contributed by atoms with Gasteiger partial charge in [0.2, 0.25) is 0 Å². The average Bonchev–Trinajstić information content (AvgIpc) is 2.83. The molecule has 0 saturated heterocycles. The van der Waals surface area contributed by atoms with Crippen molar-refractivity contribution >= 4 is 29.0 Å². The van der Waals surface area contributed by atoms with Gasteiger partial charge >= 0.3 is 11.9 Å². The Hall–Kier alpha value is -4.32. The van der Waals surface area contributed by atoms with E-state index in [9.17, 15) is 19.7 Å². The number of hydrogen-bond donors (Lipinski definition) is 0. The van der Waals surface area contributed by atoms with Crippen LogP contribution in [-0.2, 0) is 19.1 Å². The number of rotatable bonds is 7. The van der Waals surface area contributed by atoms with Crippen LogP contribution < -0.4 is 0 Å². The second-order valence-corrected chi connectivity index (χ2v) is 7.26. The lowest BCUT2D eigenvalue weighted by atomic mass is 9.74. The summed E-state index contributed by atoms with van der Waals surface area (Å²) >= 11 is 0. The van der Waals surface area contributed by atoms with Gasteiger partial charge in [0.25, 0.3) is 5.69 Å². The topological polar surface area (TPSA) is 132 Å².